The van der Waals surface area contributed by atoms with Crippen LogP contribution in [0.2, 0.25) is 0 Å². The maximum Gasteiger partial charge on any atom is 0.417 e. The molecule has 0 aliphatic rings. The third-order valence-electron chi connectivity index (χ3n) is 3.75. The molecule has 0 unspecified atom stereocenters. The smallest absolute Gasteiger partial charge is 0.410 e. The first-order chi connectivity index (χ1) is 13.1. The van der Waals surface area contributed by atoms with Gasteiger partial charge in [-0.2, -0.15) is 4.99 Å². The molecule has 3 aromatic carbocycles. The van der Waals surface area contributed by atoms with Gasteiger partial charge >= 0.3 is 6.09 Å². The molecule has 0 aliphatic carbocycles. The molecule has 1 amide bonds. The summed E-state index contributed by atoms with van der Waals surface area (Å²) >= 11 is 0. The summed E-state index contributed by atoms with van der Waals surface area (Å²) in [4.78, 5) is 26.1. The van der Waals surface area contributed by atoms with Crippen molar-refractivity contribution in [2.45, 2.75) is 6.92 Å². The van der Waals surface area contributed by atoms with Crippen molar-refractivity contribution >= 4 is 34.9 Å². The van der Waals surface area contributed by atoms with E-state index in [-0.39, 0.29) is 0 Å². The van der Waals surface area contributed by atoms with E-state index in [9.17, 15) is 9.59 Å². The third-order valence-corrected chi connectivity index (χ3v) is 3.75. The van der Waals surface area contributed by atoms with Crippen LogP contribution in [-0.2, 0) is 4.79 Å². The number of aliphatic imine (C=N–C) groups is 1. The predicted molar refractivity (Wildman–Crippen MR) is 105 cm³/mol. The summed E-state index contributed by atoms with van der Waals surface area (Å²) in [7, 11) is 0. The van der Waals surface area contributed by atoms with Gasteiger partial charge in [0, 0.05) is 17.1 Å². The van der Waals surface area contributed by atoms with Crippen molar-refractivity contribution in [2.24, 2.45) is 4.99 Å². The third kappa shape index (κ3) is 5.04. The van der Waals surface area contributed by atoms with Gasteiger partial charge in [0.05, 0.1) is 5.69 Å². The fourth-order valence-corrected chi connectivity index (χ4v) is 2.40. The number of ether oxygens (including phenoxy) is 1. The molecule has 0 fully saturated rings. The van der Waals surface area contributed by atoms with Gasteiger partial charge < -0.3 is 10.1 Å². The van der Waals surface area contributed by atoms with E-state index in [1.807, 2.05) is 49.4 Å². The second-order valence-corrected chi connectivity index (χ2v) is 5.73. The van der Waals surface area contributed by atoms with E-state index in [1.165, 1.54) is 6.08 Å². The van der Waals surface area contributed by atoms with E-state index in [4.69, 9.17) is 4.74 Å². The monoisotopic (exact) mass is 359 g/mol. The van der Waals surface area contributed by atoms with Crippen molar-refractivity contribution in [1.29, 1.82) is 0 Å². The lowest BCUT2D eigenvalue weighted by Gasteiger charge is -2.09. The maximum absolute atomic E-state index is 12.1. The van der Waals surface area contributed by atoms with Crippen molar-refractivity contribution in [1.82, 2.24) is 0 Å². The minimum atomic E-state index is -0.636. The Morgan fingerprint density at radius 1 is 0.926 bits per heavy atom. The van der Waals surface area contributed by atoms with Gasteiger partial charge in [-0.3, -0.25) is 5.32 Å². The average Bonchev–Trinajstić information content (AvgIpc) is 2.67. The van der Waals surface area contributed by atoms with E-state index in [1.54, 1.807) is 30.3 Å². The van der Waals surface area contributed by atoms with Gasteiger partial charge in [0.15, 0.2) is 0 Å². The van der Waals surface area contributed by atoms with Crippen LogP contribution in [0.15, 0.2) is 77.8 Å². The number of nitrogens with one attached hydrogen (secondary N) is 2. The van der Waals surface area contributed by atoms with Crippen LogP contribution in [0.4, 0.5) is 27.5 Å². The summed E-state index contributed by atoms with van der Waals surface area (Å²) in [6.45, 7) is 1.81. The van der Waals surface area contributed by atoms with Crippen LogP contribution in [0, 0.1) is 6.92 Å². The van der Waals surface area contributed by atoms with Crippen LogP contribution in [-0.4, -0.2) is 12.2 Å². The zero-order chi connectivity index (χ0) is 19.1. The van der Waals surface area contributed by atoms with Gasteiger partial charge in [0.25, 0.3) is 0 Å². The van der Waals surface area contributed by atoms with Gasteiger partial charge in [-0.05, 0) is 61.0 Å². The maximum atomic E-state index is 12.1. The number of rotatable bonds is 5. The first kappa shape index (κ1) is 17.9. The van der Waals surface area contributed by atoms with Crippen molar-refractivity contribution in [3.05, 3.63) is 78.4 Å². The van der Waals surface area contributed by atoms with Crippen LogP contribution in [0.5, 0.6) is 5.75 Å². The van der Waals surface area contributed by atoms with Crippen LogP contribution >= 0.6 is 0 Å². The molecule has 0 aliphatic heterocycles. The fourth-order valence-electron chi connectivity index (χ4n) is 2.40. The van der Waals surface area contributed by atoms with Crippen molar-refractivity contribution in [3.8, 4) is 5.75 Å². The van der Waals surface area contributed by atoms with E-state index in [0.29, 0.717) is 17.1 Å². The molecule has 2 N–H and O–H groups in total. The number of amides is 1. The first-order valence-corrected chi connectivity index (χ1v) is 8.23. The number of isocyanates is 1. The molecular formula is C21H17N3O3. The Morgan fingerprint density at radius 3 is 2.30 bits per heavy atom. The van der Waals surface area contributed by atoms with Crippen LogP contribution < -0.4 is 15.4 Å². The predicted octanol–water partition coefficient (Wildman–Crippen LogP) is 5.32. The Kier molecular flexibility index (Phi) is 5.62. The normalized spacial score (nSPS) is 9.81. The molecule has 0 saturated heterocycles. The molecule has 3 rings (SSSR count). The number of para-hydroxylation sites is 1. The quantitative estimate of drug-likeness (QED) is 0.477. The van der Waals surface area contributed by atoms with Gasteiger partial charge in [-0.1, -0.05) is 24.3 Å². The van der Waals surface area contributed by atoms with Crippen LogP contribution in [0.3, 0.4) is 0 Å². The molecule has 0 spiro atoms. The Bertz CT molecular complexity index is 979. The molecule has 0 radical (unpaired) electrons. The summed E-state index contributed by atoms with van der Waals surface area (Å²) < 4.78 is 5.27. The highest BCUT2D eigenvalue weighted by Gasteiger charge is 2.07. The number of carbonyl (C=O) groups excluding carboxylic acids is 2. The van der Waals surface area contributed by atoms with E-state index >= 15 is 0 Å². The molecule has 134 valence electrons. The molecule has 3 aromatic rings. The average molecular weight is 359 g/mol. The Labute approximate surface area is 156 Å². The zero-order valence-corrected chi connectivity index (χ0v) is 14.6. The van der Waals surface area contributed by atoms with Crippen molar-refractivity contribution < 1.29 is 14.3 Å². The molecular weight excluding hydrogens is 342 g/mol. The van der Waals surface area contributed by atoms with Crippen LogP contribution in [0.1, 0.15) is 5.56 Å². The Balaban J connectivity index is 1.61. The number of nitrogens with zero attached hydrogens (tertiary/aromatic N) is 1. The number of aryl methyl sites for hydroxylation is 1. The molecule has 0 atom stereocenters. The van der Waals surface area contributed by atoms with E-state index in [0.717, 1.165) is 16.9 Å². The highest BCUT2D eigenvalue weighted by Crippen LogP contribution is 2.23. The van der Waals surface area contributed by atoms with E-state index < -0.39 is 6.09 Å². The lowest BCUT2D eigenvalue weighted by atomic mass is 10.2. The molecule has 6 heteroatoms. The van der Waals surface area contributed by atoms with Gasteiger partial charge in [0.2, 0.25) is 6.08 Å². The lowest BCUT2D eigenvalue weighted by Crippen LogP contribution is -2.16. The lowest BCUT2D eigenvalue weighted by molar-refractivity contribution is 0.215. The Morgan fingerprint density at radius 2 is 1.59 bits per heavy atom. The number of anilines is 3. The van der Waals surface area contributed by atoms with Crippen molar-refractivity contribution in [3.63, 3.8) is 0 Å². The molecule has 0 bridgehead atoms. The summed E-state index contributed by atoms with van der Waals surface area (Å²) in [6, 6.07) is 21.8. The Hall–Kier alpha value is -3.89. The largest absolute Gasteiger partial charge is 0.417 e. The first-order valence-electron chi connectivity index (χ1n) is 8.23. The zero-order valence-electron chi connectivity index (χ0n) is 14.6. The SMILES string of the molecule is Cc1ccc(NC(=O)Oc2ccc(Nc3ccccc3)cc2)cc1N=C=O. The molecule has 0 saturated carbocycles. The number of benzene rings is 3. The standard InChI is InChI=1S/C21H17N3O3/c1-15-7-8-18(13-20(15)22-14-25)24-21(26)27-19-11-9-17(10-12-19)23-16-5-3-2-4-6-16/h2-13,23H,1H3,(H,24,26). The highest BCUT2D eigenvalue weighted by molar-refractivity contribution is 5.87. The number of carbonyl (C=O) groups is 1. The second kappa shape index (κ2) is 8.47. The number of hydrogen-bond donors (Lipinski definition) is 2. The highest BCUT2D eigenvalue weighted by atomic mass is 16.6. The summed E-state index contributed by atoms with van der Waals surface area (Å²) in [6.07, 6.45) is 0.857. The van der Waals surface area contributed by atoms with E-state index in [2.05, 4.69) is 15.6 Å². The summed E-state index contributed by atoms with van der Waals surface area (Å²) in [5.41, 5.74) is 3.57. The summed E-state index contributed by atoms with van der Waals surface area (Å²) in [5, 5.41) is 5.85. The number of hydrogen-bond acceptors (Lipinski definition) is 5. The summed E-state index contributed by atoms with van der Waals surface area (Å²) in [5.74, 6) is 0.407. The topological polar surface area (TPSA) is 79.8 Å². The van der Waals surface area contributed by atoms with Crippen molar-refractivity contribution in [2.75, 3.05) is 10.6 Å². The molecule has 6 nitrogen and oxygen atoms in total. The second-order valence-electron chi connectivity index (χ2n) is 5.73. The minimum Gasteiger partial charge on any atom is -0.410 e. The fraction of sp³-hybridized carbons (Fsp3) is 0.0476. The van der Waals surface area contributed by atoms with Gasteiger partial charge in [0.1, 0.15) is 5.75 Å². The molecule has 0 aromatic heterocycles. The van der Waals surface area contributed by atoms with Gasteiger partial charge in [-0.15, -0.1) is 0 Å². The minimum absolute atomic E-state index is 0.407. The molecule has 27 heavy (non-hydrogen) atoms. The van der Waals surface area contributed by atoms with Gasteiger partial charge in [-0.25, -0.2) is 9.59 Å². The van der Waals surface area contributed by atoms with Crippen LogP contribution in [0.25, 0.3) is 0 Å². The molecule has 0 heterocycles.